The first-order valence-corrected chi connectivity index (χ1v) is 6.94. The summed E-state index contributed by atoms with van der Waals surface area (Å²) in [5.74, 6) is -0.534. The van der Waals surface area contributed by atoms with Gasteiger partial charge in [0.25, 0.3) is 0 Å². The summed E-state index contributed by atoms with van der Waals surface area (Å²) in [5.41, 5.74) is -0.141. The minimum Gasteiger partial charge on any atom is -0.481 e. The molecule has 1 aliphatic rings. The summed E-state index contributed by atoms with van der Waals surface area (Å²) in [6, 6.07) is 1.37. The monoisotopic (exact) mass is 319 g/mol. The lowest BCUT2D eigenvalue weighted by Gasteiger charge is -2.11. The van der Waals surface area contributed by atoms with E-state index in [1.165, 1.54) is 17.8 Å². The highest BCUT2D eigenvalue weighted by atomic mass is 79.9. The van der Waals surface area contributed by atoms with Gasteiger partial charge in [0.15, 0.2) is 5.82 Å². The molecule has 1 fully saturated rings. The molecule has 92 valence electrons. The van der Waals surface area contributed by atoms with Crippen LogP contribution in [0.25, 0.3) is 0 Å². The molecule has 0 unspecified atom stereocenters. The molecule has 1 heterocycles. The van der Waals surface area contributed by atoms with Crippen molar-refractivity contribution in [3.8, 4) is 0 Å². The quantitative estimate of drug-likeness (QED) is 0.846. The van der Waals surface area contributed by atoms with E-state index in [4.69, 9.17) is 5.11 Å². The summed E-state index contributed by atoms with van der Waals surface area (Å²) in [4.78, 5) is 14.7. The average molecular weight is 320 g/mol. The van der Waals surface area contributed by atoms with Crippen LogP contribution < -0.4 is 0 Å². The highest BCUT2D eigenvalue weighted by Gasteiger charge is 2.44. The van der Waals surface area contributed by atoms with Crippen molar-refractivity contribution in [3.05, 3.63) is 22.6 Å². The lowest BCUT2D eigenvalue weighted by molar-refractivity contribution is -0.138. The fourth-order valence-electron chi connectivity index (χ4n) is 1.60. The number of hydrogen-bond acceptors (Lipinski definition) is 3. The molecule has 1 N–H and O–H groups in total. The maximum absolute atomic E-state index is 13.5. The molecule has 17 heavy (non-hydrogen) atoms. The number of rotatable bonds is 5. The molecule has 6 heteroatoms. The highest BCUT2D eigenvalue weighted by Crippen LogP contribution is 2.51. The summed E-state index contributed by atoms with van der Waals surface area (Å²) in [7, 11) is 0. The van der Waals surface area contributed by atoms with Crippen molar-refractivity contribution in [2.75, 3.05) is 5.75 Å². The number of carbonyl (C=O) groups is 1. The van der Waals surface area contributed by atoms with Gasteiger partial charge in [-0.3, -0.25) is 4.79 Å². The van der Waals surface area contributed by atoms with Crippen LogP contribution in [-0.2, 0) is 4.79 Å². The van der Waals surface area contributed by atoms with Crippen molar-refractivity contribution in [2.45, 2.75) is 24.3 Å². The highest BCUT2D eigenvalue weighted by molar-refractivity contribution is 9.10. The van der Waals surface area contributed by atoms with E-state index in [2.05, 4.69) is 20.9 Å². The van der Waals surface area contributed by atoms with Gasteiger partial charge >= 0.3 is 5.97 Å². The summed E-state index contributed by atoms with van der Waals surface area (Å²) in [6.07, 6.45) is 3.52. The van der Waals surface area contributed by atoms with E-state index < -0.39 is 5.97 Å². The molecule has 0 saturated heterocycles. The smallest absolute Gasteiger partial charge is 0.303 e. The number of hydrogen-bond donors (Lipinski definition) is 1. The van der Waals surface area contributed by atoms with Crippen molar-refractivity contribution >= 4 is 33.7 Å². The summed E-state index contributed by atoms with van der Waals surface area (Å²) in [5, 5.41) is 9.11. The number of aromatic nitrogens is 1. The molecule has 0 aliphatic heterocycles. The fourth-order valence-corrected chi connectivity index (χ4v) is 3.06. The normalized spacial score (nSPS) is 16.8. The van der Waals surface area contributed by atoms with E-state index in [9.17, 15) is 9.18 Å². The molecule has 3 nitrogen and oxygen atoms in total. The maximum atomic E-state index is 13.5. The van der Waals surface area contributed by atoms with Gasteiger partial charge in [-0.15, -0.1) is 11.8 Å². The van der Waals surface area contributed by atoms with Crippen molar-refractivity contribution in [1.29, 1.82) is 0 Å². The second-order valence-electron chi connectivity index (χ2n) is 4.30. The van der Waals surface area contributed by atoms with Crippen molar-refractivity contribution < 1.29 is 14.3 Å². The number of pyridine rings is 1. The van der Waals surface area contributed by atoms with E-state index >= 15 is 0 Å². The number of carboxylic acids is 1. The molecule has 1 saturated carbocycles. The number of halogens is 2. The Bertz CT molecular complexity index is 451. The molecule has 0 radical (unpaired) electrons. The average Bonchev–Trinajstić information content (AvgIpc) is 2.96. The minimum atomic E-state index is -0.785. The Morgan fingerprint density at radius 3 is 2.88 bits per heavy atom. The predicted octanol–water partition coefficient (Wildman–Crippen LogP) is 3.33. The molecule has 0 amide bonds. The topological polar surface area (TPSA) is 50.2 Å². The van der Waals surface area contributed by atoms with Gasteiger partial charge in [0.05, 0.1) is 6.42 Å². The third-order valence-electron chi connectivity index (χ3n) is 2.77. The first-order valence-electron chi connectivity index (χ1n) is 5.16. The Hall–Kier alpha value is -0.620. The molecule has 0 atom stereocenters. The van der Waals surface area contributed by atoms with Gasteiger partial charge in [0, 0.05) is 16.4 Å². The summed E-state index contributed by atoms with van der Waals surface area (Å²) >= 11 is 4.44. The lowest BCUT2D eigenvalue weighted by atomic mass is 10.1. The summed E-state index contributed by atoms with van der Waals surface area (Å²) < 4.78 is 14.1. The van der Waals surface area contributed by atoms with Crippen LogP contribution in [0.4, 0.5) is 4.39 Å². The molecule has 0 aromatic carbocycles. The van der Waals surface area contributed by atoms with Crippen molar-refractivity contribution in [3.63, 3.8) is 0 Å². The van der Waals surface area contributed by atoms with Crippen LogP contribution >= 0.6 is 27.7 Å². The first-order chi connectivity index (χ1) is 8.01. The van der Waals surface area contributed by atoms with E-state index in [0.717, 1.165) is 12.8 Å². The van der Waals surface area contributed by atoms with Gasteiger partial charge in [-0.2, -0.15) is 0 Å². The van der Waals surface area contributed by atoms with E-state index in [-0.39, 0.29) is 17.7 Å². The lowest BCUT2D eigenvalue weighted by Crippen LogP contribution is -2.11. The third-order valence-corrected chi connectivity index (χ3v) is 4.54. The molecule has 1 aromatic rings. The van der Waals surface area contributed by atoms with Crippen molar-refractivity contribution in [1.82, 2.24) is 4.98 Å². The van der Waals surface area contributed by atoms with Gasteiger partial charge in [0.1, 0.15) is 5.03 Å². The number of carboxylic acid groups (broad SMARTS) is 1. The van der Waals surface area contributed by atoms with Crippen LogP contribution in [0.15, 0.2) is 21.8 Å². The molecule has 1 aliphatic carbocycles. The Morgan fingerprint density at radius 1 is 1.65 bits per heavy atom. The summed E-state index contributed by atoms with van der Waals surface area (Å²) in [6.45, 7) is 0. The van der Waals surface area contributed by atoms with E-state index in [0.29, 0.717) is 15.3 Å². The number of aliphatic carboxylic acids is 1. The van der Waals surface area contributed by atoms with Crippen LogP contribution in [0, 0.1) is 11.2 Å². The Labute approximate surface area is 111 Å². The van der Waals surface area contributed by atoms with E-state index in [1.807, 2.05) is 0 Å². The van der Waals surface area contributed by atoms with Crippen LogP contribution in [0.2, 0.25) is 0 Å². The van der Waals surface area contributed by atoms with Gasteiger partial charge in [-0.25, -0.2) is 9.37 Å². The molecule has 1 aromatic heterocycles. The Morgan fingerprint density at radius 2 is 2.35 bits per heavy atom. The minimum absolute atomic E-state index is 0.141. The standard InChI is InChI=1S/C11H11BrFNO2S/c12-7-3-8(13)10(14-5-7)17-6-11(1-2-11)4-9(15)16/h3,5H,1-2,4,6H2,(H,15,16). The Kier molecular flexibility index (Phi) is 3.73. The zero-order valence-electron chi connectivity index (χ0n) is 8.95. The zero-order valence-corrected chi connectivity index (χ0v) is 11.4. The molecular formula is C11H11BrFNO2S. The second kappa shape index (κ2) is 4.94. The van der Waals surface area contributed by atoms with Crippen LogP contribution in [-0.4, -0.2) is 21.8 Å². The number of thioether (sulfide) groups is 1. The Balaban J connectivity index is 1.96. The first kappa shape index (κ1) is 12.8. The fraction of sp³-hybridized carbons (Fsp3) is 0.455. The van der Waals surface area contributed by atoms with E-state index in [1.54, 1.807) is 6.20 Å². The SMILES string of the molecule is O=C(O)CC1(CSc2ncc(Br)cc2F)CC1. The van der Waals surface area contributed by atoms with Gasteiger partial charge in [0.2, 0.25) is 0 Å². The second-order valence-corrected chi connectivity index (χ2v) is 6.18. The molecule has 0 spiro atoms. The predicted molar refractivity (Wildman–Crippen MR) is 66.5 cm³/mol. The number of nitrogens with zero attached hydrogens (tertiary/aromatic N) is 1. The molecule has 0 bridgehead atoms. The van der Waals surface area contributed by atoms with Crippen LogP contribution in [0.5, 0.6) is 0 Å². The van der Waals surface area contributed by atoms with Gasteiger partial charge in [-0.05, 0) is 40.3 Å². The third kappa shape index (κ3) is 3.42. The van der Waals surface area contributed by atoms with Gasteiger partial charge in [-0.1, -0.05) is 0 Å². The van der Waals surface area contributed by atoms with Crippen LogP contribution in [0.1, 0.15) is 19.3 Å². The molecule has 2 rings (SSSR count). The van der Waals surface area contributed by atoms with Crippen molar-refractivity contribution in [2.24, 2.45) is 5.41 Å². The maximum Gasteiger partial charge on any atom is 0.303 e. The van der Waals surface area contributed by atoms with Gasteiger partial charge < -0.3 is 5.11 Å². The van der Waals surface area contributed by atoms with Crippen LogP contribution in [0.3, 0.4) is 0 Å². The zero-order chi connectivity index (χ0) is 12.5. The largest absolute Gasteiger partial charge is 0.481 e. The molecular weight excluding hydrogens is 309 g/mol.